The normalized spacial score (nSPS) is 6.91. The van der Waals surface area contributed by atoms with Gasteiger partial charge in [-0.2, -0.15) is 0 Å². The highest BCUT2D eigenvalue weighted by Crippen LogP contribution is 1.62. The Bertz CT molecular complexity index is 119. The zero-order chi connectivity index (χ0) is 9.28. The van der Waals surface area contributed by atoms with Gasteiger partial charge in [-0.05, 0) is 0 Å². The molecule has 0 unspecified atom stereocenters. The highest BCUT2D eigenvalue weighted by Gasteiger charge is 1.85. The minimum atomic E-state index is -0.407. The molecule has 5 nitrogen and oxygen atoms in total. The number of carbonyl (C=O) groups excluding carboxylic acids is 2. The van der Waals surface area contributed by atoms with Gasteiger partial charge in [-0.15, -0.1) is 0 Å². The summed E-state index contributed by atoms with van der Waals surface area (Å²) < 4.78 is 4.15. The van der Waals surface area contributed by atoms with Gasteiger partial charge in [0.25, 0.3) is 0 Å². The van der Waals surface area contributed by atoms with Crippen LogP contribution in [0, 0.1) is 0 Å². The van der Waals surface area contributed by atoms with Gasteiger partial charge in [0.15, 0.2) is 0 Å². The topological polar surface area (TPSA) is 67.4 Å². The van der Waals surface area contributed by atoms with Crippen LogP contribution in [0.2, 0.25) is 0 Å². The first kappa shape index (κ1) is 12.4. The predicted octanol–water partition coefficient (Wildman–Crippen LogP) is -0.276. The average molecular weight is 162 g/mol. The van der Waals surface area contributed by atoms with Gasteiger partial charge in [-0.25, -0.2) is 4.79 Å². The summed E-state index contributed by atoms with van der Waals surface area (Å²) in [6.45, 7) is 1.47. The maximum Gasteiger partial charge on any atom is 0.406 e. The zero-order valence-corrected chi connectivity index (χ0v) is 7.22. The van der Waals surface area contributed by atoms with E-state index in [4.69, 9.17) is 0 Å². The molecule has 0 saturated heterocycles. The Labute approximate surface area is 66.1 Å². The van der Waals surface area contributed by atoms with Crippen molar-refractivity contribution in [2.24, 2.45) is 0 Å². The van der Waals surface area contributed by atoms with Crippen LogP contribution in [-0.2, 0) is 9.53 Å². The van der Waals surface area contributed by atoms with Crippen molar-refractivity contribution in [3.8, 4) is 0 Å². The van der Waals surface area contributed by atoms with Gasteiger partial charge in [-0.1, -0.05) is 0 Å². The smallest absolute Gasteiger partial charge is 0.406 e. The standard InChI is InChI=1S/C3H7NO2.C3H7NO/c1-4-3(5)6-2;1-3(5)4-2/h1-2H3,(H,4,5);1-2H3,(H,4,5). The number of alkyl carbamates (subject to hydrolysis) is 1. The van der Waals surface area contributed by atoms with Crippen LogP contribution in [0.15, 0.2) is 0 Å². The Hall–Kier alpha value is -1.26. The third-order valence-corrected chi connectivity index (χ3v) is 0.742. The van der Waals surface area contributed by atoms with Crippen molar-refractivity contribution < 1.29 is 14.3 Å². The number of nitrogens with one attached hydrogen (secondary N) is 2. The van der Waals surface area contributed by atoms with E-state index in [1.54, 1.807) is 7.05 Å². The van der Waals surface area contributed by atoms with Gasteiger partial charge in [0, 0.05) is 21.0 Å². The van der Waals surface area contributed by atoms with E-state index in [9.17, 15) is 9.59 Å². The second-order valence-corrected chi connectivity index (χ2v) is 1.55. The number of hydrogen-bond donors (Lipinski definition) is 2. The predicted molar refractivity (Wildman–Crippen MR) is 41.2 cm³/mol. The molecule has 0 aromatic carbocycles. The number of carbonyl (C=O) groups is 2. The summed E-state index contributed by atoms with van der Waals surface area (Å²) in [7, 11) is 4.42. The molecule has 5 heteroatoms. The Balaban J connectivity index is 0. The van der Waals surface area contributed by atoms with Gasteiger partial charge in [-0.3, -0.25) is 4.79 Å². The molecule has 11 heavy (non-hydrogen) atoms. The quantitative estimate of drug-likeness (QED) is 0.515. The van der Waals surface area contributed by atoms with E-state index in [-0.39, 0.29) is 5.91 Å². The molecule has 0 aliphatic carbocycles. The summed E-state index contributed by atoms with van der Waals surface area (Å²) in [6, 6.07) is 0. The van der Waals surface area contributed by atoms with Crippen LogP contribution in [0.1, 0.15) is 6.92 Å². The largest absolute Gasteiger partial charge is 0.453 e. The summed E-state index contributed by atoms with van der Waals surface area (Å²) >= 11 is 0. The lowest BCUT2D eigenvalue weighted by Crippen LogP contribution is -2.16. The van der Waals surface area contributed by atoms with Gasteiger partial charge < -0.3 is 15.4 Å². The Morgan fingerprint density at radius 2 is 1.55 bits per heavy atom. The number of hydrogen-bond acceptors (Lipinski definition) is 3. The molecule has 66 valence electrons. The van der Waals surface area contributed by atoms with Crippen molar-refractivity contribution in [3.05, 3.63) is 0 Å². The maximum atomic E-state index is 9.85. The first-order valence-corrected chi connectivity index (χ1v) is 3.02. The lowest BCUT2D eigenvalue weighted by Gasteiger charge is -1.90. The van der Waals surface area contributed by atoms with Crippen molar-refractivity contribution in [1.29, 1.82) is 0 Å². The fourth-order valence-electron chi connectivity index (χ4n) is 0.102. The third-order valence-electron chi connectivity index (χ3n) is 0.742. The van der Waals surface area contributed by atoms with Gasteiger partial charge in [0.05, 0.1) is 7.11 Å². The summed E-state index contributed by atoms with van der Waals surface area (Å²) in [6.07, 6.45) is -0.407. The lowest BCUT2D eigenvalue weighted by molar-refractivity contribution is -0.118. The van der Waals surface area contributed by atoms with Crippen LogP contribution in [0.3, 0.4) is 0 Å². The Morgan fingerprint density at radius 1 is 1.18 bits per heavy atom. The molecule has 0 bridgehead atoms. The molecule has 0 aliphatic heterocycles. The molecule has 0 aromatic rings. The van der Waals surface area contributed by atoms with Crippen molar-refractivity contribution in [1.82, 2.24) is 10.6 Å². The molecular formula is C6H14N2O3. The van der Waals surface area contributed by atoms with E-state index >= 15 is 0 Å². The molecule has 0 fully saturated rings. The monoisotopic (exact) mass is 162 g/mol. The van der Waals surface area contributed by atoms with Crippen molar-refractivity contribution >= 4 is 12.0 Å². The fraction of sp³-hybridized carbons (Fsp3) is 0.667. The molecule has 2 amide bonds. The van der Waals surface area contributed by atoms with E-state index in [1.165, 1.54) is 21.1 Å². The average Bonchev–Trinajstić information content (AvgIpc) is 2.04. The summed E-state index contributed by atoms with van der Waals surface area (Å²) in [5, 5.41) is 4.64. The second-order valence-electron chi connectivity index (χ2n) is 1.55. The second kappa shape index (κ2) is 8.74. The third kappa shape index (κ3) is 17.7. The molecule has 0 heterocycles. The Morgan fingerprint density at radius 3 is 1.55 bits per heavy atom. The molecule has 0 rings (SSSR count). The number of amides is 2. The van der Waals surface area contributed by atoms with E-state index in [2.05, 4.69) is 15.4 Å². The molecular weight excluding hydrogens is 148 g/mol. The summed E-state index contributed by atoms with van der Waals surface area (Å²) in [5.41, 5.74) is 0. The molecule has 0 aliphatic rings. The molecule has 0 saturated carbocycles. The van der Waals surface area contributed by atoms with Crippen LogP contribution >= 0.6 is 0 Å². The van der Waals surface area contributed by atoms with Gasteiger partial charge in [0.1, 0.15) is 0 Å². The number of ether oxygens (including phenoxy) is 1. The van der Waals surface area contributed by atoms with Gasteiger partial charge in [0.2, 0.25) is 5.91 Å². The van der Waals surface area contributed by atoms with Crippen LogP contribution in [0.5, 0.6) is 0 Å². The number of methoxy groups -OCH3 is 1. The van der Waals surface area contributed by atoms with E-state index < -0.39 is 6.09 Å². The fourth-order valence-corrected chi connectivity index (χ4v) is 0.102. The maximum absolute atomic E-state index is 9.85. The van der Waals surface area contributed by atoms with Gasteiger partial charge >= 0.3 is 6.09 Å². The van der Waals surface area contributed by atoms with Crippen LogP contribution in [0.4, 0.5) is 4.79 Å². The first-order valence-electron chi connectivity index (χ1n) is 3.02. The van der Waals surface area contributed by atoms with Crippen LogP contribution in [-0.4, -0.2) is 33.2 Å². The minimum absolute atomic E-state index is 0.00463. The van der Waals surface area contributed by atoms with Crippen molar-refractivity contribution in [2.75, 3.05) is 21.2 Å². The molecule has 0 atom stereocenters. The highest BCUT2D eigenvalue weighted by atomic mass is 16.5. The Kier molecular flexibility index (Phi) is 9.87. The molecule has 0 radical (unpaired) electrons. The molecule has 0 spiro atoms. The molecule has 2 N–H and O–H groups in total. The minimum Gasteiger partial charge on any atom is -0.453 e. The van der Waals surface area contributed by atoms with Crippen LogP contribution < -0.4 is 10.6 Å². The van der Waals surface area contributed by atoms with Crippen molar-refractivity contribution in [3.63, 3.8) is 0 Å². The molecule has 0 aromatic heterocycles. The lowest BCUT2D eigenvalue weighted by atomic mass is 10.7. The summed E-state index contributed by atoms with van der Waals surface area (Å²) in [5.74, 6) is 0.00463. The zero-order valence-electron chi connectivity index (χ0n) is 7.22. The van der Waals surface area contributed by atoms with E-state index in [0.29, 0.717) is 0 Å². The van der Waals surface area contributed by atoms with Crippen molar-refractivity contribution in [2.45, 2.75) is 6.92 Å². The number of rotatable bonds is 0. The highest BCUT2D eigenvalue weighted by molar-refractivity contribution is 5.72. The van der Waals surface area contributed by atoms with Crippen LogP contribution in [0.25, 0.3) is 0 Å². The summed E-state index contributed by atoms with van der Waals surface area (Å²) in [4.78, 5) is 19.5. The first-order chi connectivity index (χ1) is 5.08. The SMILES string of the molecule is CNC(=O)OC.CNC(C)=O. The van der Waals surface area contributed by atoms with E-state index in [0.717, 1.165) is 0 Å². The van der Waals surface area contributed by atoms with E-state index in [1.807, 2.05) is 0 Å².